The predicted octanol–water partition coefficient (Wildman–Crippen LogP) is -1.13. The fourth-order valence-electron chi connectivity index (χ4n) is 2.28. The molecule has 0 amide bonds. The third-order valence-corrected chi connectivity index (χ3v) is 4.28. The van der Waals surface area contributed by atoms with Crippen LogP contribution in [-0.4, -0.2) is 66.9 Å². The van der Waals surface area contributed by atoms with Crippen molar-refractivity contribution in [3.8, 4) is 0 Å². The average Bonchev–Trinajstić information content (AvgIpc) is 2.46. The second-order valence-corrected chi connectivity index (χ2v) is 6.91. The van der Waals surface area contributed by atoms with Crippen molar-refractivity contribution >= 4 is 13.3 Å². The van der Waals surface area contributed by atoms with E-state index >= 15 is 0 Å². The predicted molar refractivity (Wildman–Crippen MR) is 76.1 cm³/mol. The number of pyridine rings is 1. The van der Waals surface area contributed by atoms with E-state index in [0.717, 1.165) is 0 Å². The van der Waals surface area contributed by atoms with Crippen LogP contribution in [0.4, 0.5) is 5.69 Å². The number of hydrogen-bond acceptors (Lipinski definition) is 7. The molecule has 1 saturated heterocycles. The maximum atomic E-state index is 10.9. The molecule has 1 aromatic rings. The minimum Gasteiger partial charge on any atom is -0.388 e. The first-order valence-electron chi connectivity index (χ1n) is 6.69. The highest BCUT2D eigenvalue weighted by Gasteiger charge is 2.44. The second kappa shape index (κ2) is 7.01. The van der Waals surface area contributed by atoms with Gasteiger partial charge in [0.15, 0.2) is 6.29 Å². The normalized spacial score (nSPS) is 32.7. The molecular weight excluding hydrogens is 315 g/mol. The van der Waals surface area contributed by atoms with Crippen molar-refractivity contribution < 1.29 is 34.4 Å². The minimum absolute atomic E-state index is 0.179. The van der Waals surface area contributed by atoms with Crippen molar-refractivity contribution in [1.82, 2.24) is 4.98 Å². The van der Waals surface area contributed by atoms with Gasteiger partial charge in [-0.25, -0.2) is 0 Å². The van der Waals surface area contributed by atoms with Crippen LogP contribution in [0.1, 0.15) is 6.42 Å². The Morgan fingerprint density at radius 2 is 1.82 bits per heavy atom. The summed E-state index contributed by atoms with van der Waals surface area (Å²) in [6, 6.07) is 2.25. The van der Waals surface area contributed by atoms with Crippen LogP contribution in [0.3, 0.4) is 0 Å². The van der Waals surface area contributed by atoms with E-state index in [1.54, 1.807) is 12.1 Å². The van der Waals surface area contributed by atoms with Crippen LogP contribution in [-0.2, 0) is 9.30 Å². The third kappa shape index (κ3) is 4.47. The Morgan fingerprint density at radius 1 is 1.18 bits per heavy atom. The average molecular weight is 334 g/mol. The third-order valence-electron chi connectivity index (χ3n) is 3.44. The Hall–Kier alpha value is -1.06. The van der Waals surface area contributed by atoms with E-state index in [0.29, 0.717) is 5.69 Å². The molecular formula is C12H19N2O7P. The highest BCUT2D eigenvalue weighted by molar-refractivity contribution is 7.51. The highest BCUT2D eigenvalue weighted by atomic mass is 31.2. The lowest BCUT2D eigenvalue weighted by atomic mass is 9.95. The lowest BCUT2D eigenvalue weighted by molar-refractivity contribution is -0.238. The van der Waals surface area contributed by atoms with Crippen molar-refractivity contribution in [2.45, 2.75) is 37.1 Å². The van der Waals surface area contributed by atoms with Gasteiger partial charge < -0.3 is 35.2 Å². The topological polar surface area (TPSA) is 152 Å². The van der Waals surface area contributed by atoms with Gasteiger partial charge in [0.1, 0.15) is 18.2 Å². The van der Waals surface area contributed by atoms with Crippen LogP contribution in [0.2, 0.25) is 0 Å². The maximum Gasteiger partial charge on any atom is 0.325 e. The molecule has 1 aromatic heterocycles. The van der Waals surface area contributed by atoms with Crippen molar-refractivity contribution in [2.75, 3.05) is 11.5 Å². The zero-order valence-corrected chi connectivity index (χ0v) is 12.5. The first kappa shape index (κ1) is 17.3. The van der Waals surface area contributed by atoms with Crippen molar-refractivity contribution in [3.63, 3.8) is 0 Å². The van der Waals surface area contributed by atoms with Crippen LogP contribution < -0.4 is 5.32 Å². The minimum atomic E-state index is -4.25. The second-order valence-electron chi connectivity index (χ2n) is 5.13. The molecule has 0 aromatic carbocycles. The molecule has 6 N–H and O–H groups in total. The monoisotopic (exact) mass is 334 g/mol. The smallest absolute Gasteiger partial charge is 0.325 e. The number of rotatable bonds is 5. The van der Waals surface area contributed by atoms with E-state index in [1.807, 2.05) is 0 Å². The van der Waals surface area contributed by atoms with Crippen LogP contribution in [0.25, 0.3) is 0 Å². The van der Waals surface area contributed by atoms with Crippen LogP contribution >= 0.6 is 7.60 Å². The highest BCUT2D eigenvalue weighted by Crippen LogP contribution is 2.37. The summed E-state index contributed by atoms with van der Waals surface area (Å²) in [6.07, 6.45) is -2.89. The van der Waals surface area contributed by atoms with E-state index in [-0.39, 0.29) is 6.42 Å². The zero-order valence-electron chi connectivity index (χ0n) is 11.6. The molecule has 124 valence electrons. The van der Waals surface area contributed by atoms with E-state index in [2.05, 4.69) is 10.3 Å². The molecule has 22 heavy (non-hydrogen) atoms. The maximum absolute atomic E-state index is 10.9. The summed E-state index contributed by atoms with van der Waals surface area (Å²) in [5.74, 6) is 0. The van der Waals surface area contributed by atoms with Crippen LogP contribution in [0.5, 0.6) is 0 Å². The zero-order chi connectivity index (χ0) is 16.3. The summed E-state index contributed by atoms with van der Waals surface area (Å²) in [5, 5.41) is 32.9. The molecule has 0 bridgehead atoms. The fraction of sp³-hybridized carbons (Fsp3) is 0.583. The standard InChI is InChI=1S/C12H19N2O7P/c15-10-8(3-6-22(18,19)20)21-12(17)9(11(10)16)14-7-1-4-13-5-2-7/h1-2,4-5,8-12,15-17H,3,6H2,(H,13,14)(H2,18,19,20)/t8-,9-,10-,11-,12?/m1/s1. The van der Waals surface area contributed by atoms with Gasteiger partial charge in [-0.05, 0) is 18.6 Å². The van der Waals surface area contributed by atoms with Crippen molar-refractivity contribution in [2.24, 2.45) is 0 Å². The van der Waals surface area contributed by atoms with E-state index in [9.17, 15) is 19.9 Å². The summed E-state index contributed by atoms with van der Waals surface area (Å²) in [4.78, 5) is 21.5. The van der Waals surface area contributed by atoms with Gasteiger partial charge in [0, 0.05) is 18.1 Å². The van der Waals surface area contributed by atoms with Gasteiger partial charge in [0.05, 0.1) is 12.3 Å². The van der Waals surface area contributed by atoms with Gasteiger partial charge >= 0.3 is 7.60 Å². The van der Waals surface area contributed by atoms with E-state index in [4.69, 9.17) is 14.5 Å². The number of nitrogens with one attached hydrogen (secondary N) is 1. The van der Waals surface area contributed by atoms with Gasteiger partial charge in [-0.15, -0.1) is 0 Å². The molecule has 0 spiro atoms. The molecule has 1 aliphatic rings. The lowest BCUT2D eigenvalue weighted by Gasteiger charge is -2.41. The Kier molecular flexibility index (Phi) is 5.51. The molecule has 0 saturated carbocycles. The number of ether oxygens (including phenoxy) is 1. The first-order valence-corrected chi connectivity index (χ1v) is 8.48. The van der Waals surface area contributed by atoms with Crippen molar-refractivity contribution in [1.29, 1.82) is 0 Å². The number of aromatic nitrogens is 1. The summed E-state index contributed by atoms with van der Waals surface area (Å²) in [7, 11) is -4.25. The number of nitrogens with zero attached hydrogens (tertiary/aromatic N) is 1. The van der Waals surface area contributed by atoms with Gasteiger partial charge in [-0.1, -0.05) is 0 Å². The summed E-state index contributed by atoms with van der Waals surface area (Å²) in [5.41, 5.74) is 0.572. The lowest BCUT2D eigenvalue weighted by Crippen LogP contribution is -2.60. The van der Waals surface area contributed by atoms with E-state index < -0.39 is 44.4 Å². The fourth-order valence-corrected chi connectivity index (χ4v) is 2.87. The molecule has 9 nitrogen and oxygen atoms in total. The number of anilines is 1. The van der Waals surface area contributed by atoms with Gasteiger partial charge in [0.25, 0.3) is 0 Å². The molecule has 1 unspecified atom stereocenters. The molecule has 2 heterocycles. The Morgan fingerprint density at radius 3 is 2.41 bits per heavy atom. The molecule has 0 aliphatic carbocycles. The Balaban J connectivity index is 2.01. The van der Waals surface area contributed by atoms with Crippen LogP contribution in [0, 0.1) is 0 Å². The molecule has 10 heteroatoms. The molecule has 5 atom stereocenters. The van der Waals surface area contributed by atoms with Gasteiger partial charge in [-0.2, -0.15) is 0 Å². The molecule has 0 radical (unpaired) electrons. The van der Waals surface area contributed by atoms with Crippen molar-refractivity contribution in [3.05, 3.63) is 24.5 Å². The summed E-state index contributed by atoms with van der Waals surface area (Å²) in [6.45, 7) is 0. The molecule has 2 rings (SSSR count). The van der Waals surface area contributed by atoms with Crippen LogP contribution in [0.15, 0.2) is 24.5 Å². The first-order chi connectivity index (χ1) is 10.3. The number of aliphatic hydroxyl groups excluding tert-OH is 3. The number of aliphatic hydroxyl groups is 3. The van der Waals surface area contributed by atoms with Gasteiger partial charge in [-0.3, -0.25) is 9.55 Å². The quantitative estimate of drug-likeness (QED) is 0.367. The largest absolute Gasteiger partial charge is 0.388 e. The SMILES string of the molecule is O=P(O)(O)CC[C@H]1OC(O)[C@H](Nc2ccncc2)[C@@H](O)[C@@H]1O. The Bertz CT molecular complexity index is 525. The summed E-state index contributed by atoms with van der Waals surface area (Å²) >= 11 is 0. The molecule has 1 fully saturated rings. The molecule has 1 aliphatic heterocycles. The van der Waals surface area contributed by atoms with Gasteiger partial charge in [0.2, 0.25) is 0 Å². The van der Waals surface area contributed by atoms with E-state index in [1.165, 1.54) is 12.4 Å². The summed E-state index contributed by atoms with van der Waals surface area (Å²) < 4.78 is 16.0. The number of hydrogen-bond donors (Lipinski definition) is 6. The Labute approximate surface area is 126 Å².